The Bertz CT molecular complexity index is 1060. The van der Waals surface area contributed by atoms with Crippen LogP contribution in [-0.4, -0.2) is 9.97 Å². The molecule has 3 nitrogen and oxygen atoms in total. The first kappa shape index (κ1) is 12.5. The second-order valence-electron chi connectivity index (χ2n) is 6.03. The predicted octanol–water partition coefficient (Wildman–Crippen LogP) is 4.38. The van der Waals surface area contributed by atoms with Crippen LogP contribution in [0.1, 0.15) is 11.1 Å². The molecule has 4 aromatic rings. The summed E-state index contributed by atoms with van der Waals surface area (Å²) < 4.78 is 0. The summed E-state index contributed by atoms with van der Waals surface area (Å²) in [6, 6.07) is 16.9. The third-order valence-corrected chi connectivity index (χ3v) is 4.71. The van der Waals surface area contributed by atoms with Crippen LogP contribution in [0.25, 0.3) is 33.3 Å². The van der Waals surface area contributed by atoms with E-state index in [4.69, 9.17) is 5.73 Å². The summed E-state index contributed by atoms with van der Waals surface area (Å²) in [5.41, 5.74) is 15.5. The number of hydrogen-bond acceptors (Lipinski definition) is 2. The molecule has 1 aliphatic carbocycles. The fourth-order valence-corrected chi connectivity index (χ4v) is 3.60. The van der Waals surface area contributed by atoms with Gasteiger partial charge in [0.2, 0.25) is 0 Å². The molecule has 110 valence electrons. The van der Waals surface area contributed by atoms with Crippen LogP contribution < -0.4 is 5.73 Å². The number of rotatable bonds is 1. The number of nitrogen functional groups attached to an aromatic ring is 1. The van der Waals surface area contributed by atoms with Gasteiger partial charge in [0.05, 0.1) is 0 Å². The molecule has 2 aromatic heterocycles. The van der Waals surface area contributed by atoms with Gasteiger partial charge in [0.15, 0.2) is 0 Å². The minimum absolute atomic E-state index is 0.871. The average Bonchev–Trinajstić information content (AvgIpc) is 3.19. The topological polar surface area (TPSA) is 54.7 Å². The van der Waals surface area contributed by atoms with E-state index in [-0.39, 0.29) is 0 Å². The van der Waals surface area contributed by atoms with E-state index in [1.54, 1.807) is 0 Å². The number of fused-ring (bicyclic) bond motifs is 4. The highest BCUT2D eigenvalue weighted by atomic mass is 14.8. The summed E-state index contributed by atoms with van der Waals surface area (Å²) in [5.74, 6) is 0. The lowest BCUT2D eigenvalue weighted by Crippen LogP contribution is -1.94. The van der Waals surface area contributed by atoms with Gasteiger partial charge >= 0.3 is 0 Å². The van der Waals surface area contributed by atoms with Gasteiger partial charge in [0.25, 0.3) is 0 Å². The molecule has 1 aliphatic rings. The Morgan fingerprint density at radius 1 is 1.00 bits per heavy atom. The Hall–Kier alpha value is -3.07. The van der Waals surface area contributed by atoms with Crippen molar-refractivity contribution >= 4 is 16.7 Å². The van der Waals surface area contributed by atoms with Gasteiger partial charge in [-0.05, 0) is 46.0 Å². The van der Waals surface area contributed by atoms with Crippen molar-refractivity contribution in [1.82, 2.24) is 9.97 Å². The molecule has 3 heteroatoms. The van der Waals surface area contributed by atoms with Crippen molar-refractivity contribution in [3.05, 3.63) is 72.1 Å². The monoisotopic (exact) mass is 297 g/mol. The molecule has 5 rings (SSSR count). The molecule has 2 heterocycles. The molecule has 0 fully saturated rings. The predicted molar refractivity (Wildman–Crippen MR) is 94.2 cm³/mol. The maximum absolute atomic E-state index is 6.25. The number of nitrogens with one attached hydrogen (secondary N) is 1. The number of nitrogens with two attached hydrogens (primary N) is 1. The lowest BCUT2D eigenvalue weighted by Gasteiger charge is -2.12. The normalized spacial score (nSPS) is 12.3. The van der Waals surface area contributed by atoms with Crippen molar-refractivity contribution in [3.63, 3.8) is 0 Å². The molecule has 0 aliphatic heterocycles. The van der Waals surface area contributed by atoms with E-state index in [1.807, 2.05) is 18.5 Å². The van der Waals surface area contributed by atoms with E-state index < -0.39 is 0 Å². The SMILES string of the molecule is Nc1ccc(-c2cnc3[nH]ccc3c2)c2c1Cc1ccccc1-2. The number of anilines is 1. The number of benzene rings is 2. The van der Waals surface area contributed by atoms with Crippen LogP contribution in [-0.2, 0) is 6.42 Å². The second kappa shape index (κ2) is 4.46. The van der Waals surface area contributed by atoms with Crippen LogP contribution in [0.2, 0.25) is 0 Å². The van der Waals surface area contributed by atoms with Crippen molar-refractivity contribution < 1.29 is 0 Å². The minimum atomic E-state index is 0.871. The van der Waals surface area contributed by atoms with Gasteiger partial charge in [-0.3, -0.25) is 0 Å². The summed E-state index contributed by atoms with van der Waals surface area (Å²) in [5, 5.41) is 1.12. The van der Waals surface area contributed by atoms with Crippen LogP contribution >= 0.6 is 0 Å². The largest absolute Gasteiger partial charge is 0.398 e. The first-order valence-corrected chi connectivity index (χ1v) is 7.74. The lowest BCUT2D eigenvalue weighted by molar-refractivity contribution is 1.27. The number of pyridine rings is 1. The van der Waals surface area contributed by atoms with Crippen molar-refractivity contribution in [3.8, 4) is 22.3 Å². The van der Waals surface area contributed by atoms with Crippen molar-refractivity contribution in [1.29, 1.82) is 0 Å². The molecule has 0 radical (unpaired) electrons. The molecule has 3 N–H and O–H groups in total. The second-order valence-corrected chi connectivity index (χ2v) is 6.03. The van der Waals surface area contributed by atoms with Gasteiger partial charge in [-0.15, -0.1) is 0 Å². The molecule has 0 unspecified atom stereocenters. The highest BCUT2D eigenvalue weighted by Gasteiger charge is 2.23. The Kier molecular flexibility index (Phi) is 2.42. The molecular formula is C20H15N3. The zero-order chi connectivity index (χ0) is 15.4. The molecule has 0 saturated heterocycles. The van der Waals surface area contributed by atoms with Crippen LogP contribution in [0.15, 0.2) is 60.9 Å². The van der Waals surface area contributed by atoms with Crippen LogP contribution in [0.3, 0.4) is 0 Å². The average molecular weight is 297 g/mol. The Morgan fingerprint density at radius 3 is 2.87 bits per heavy atom. The quantitative estimate of drug-likeness (QED) is 0.451. The number of hydrogen-bond donors (Lipinski definition) is 2. The fourth-order valence-electron chi connectivity index (χ4n) is 3.60. The zero-order valence-corrected chi connectivity index (χ0v) is 12.5. The van der Waals surface area contributed by atoms with E-state index in [2.05, 4.69) is 52.4 Å². The van der Waals surface area contributed by atoms with Gasteiger partial charge < -0.3 is 10.7 Å². The van der Waals surface area contributed by atoms with Gasteiger partial charge in [-0.2, -0.15) is 0 Å². The van der Waals surface area contributed by atoms with Gasteiger partial charge in [0, 0.05) is 35.5 Å². The zero-order valence-electron chi connectivity index (χ0n) is 12.5. The van der Waals surface area contributed by atoms with E-state index in [0.717, 1.165) is 28.7 Å². The van der Waals surface area contributed by atoms with Crippen LogP contribution in [0.4, 0.5) is 5.69 Å². The third-order valence-electron chi connectivity index (χ3n) is 4.71. The maximum Gasteiger partial charge on any atom is 0.137 e. The van der Waals surface area contributed by atoms with E-state index >= 15 is 0 Å². The highest BCUT2D eigenvalue weighted by molar-refractivity contribution is 5.94. The van der Waals surface area contributed by atoms with Gasteiger partial charge in [0.1, 0.15) is 5.65 Å². The molecular weight excluding hydrogens is 282 g/mol. The molecule has 0 atom stereocenters. The van der Waals surface area contributed by atoms with E-state index in [1.165, 1.54) is 27.8 Å². The fraction of sp³-hybridized carbons (Fsp3) is 0.0500. The van der Waals surface area contributed by atoms with Crippen molar-refractivity contribution in [2.75, 3.05) is 5.73 Å². The Balaban J connectivity index is 1.81. The summed E-state index contributed by atoms with van der Waals surface area (Å²) in [7, 11) is 0. The van der Waals surface area contributed by atoms with Gasteiger partial charge in [-0.25, -0.2) is 4.98 Å². The first-order valence-electron chi connectivity index (χ1n) is 7.74. The number of H-pyrrole nitrogens is 1. The van der Waals surface area contributed by atoms with Crippen LogP contribution in [0, 0.1) is 0 Å². The maximum atomic E-state index is 6.25. The van der Waals surface area contributed by atoms with Gasteiger partial charge in [-0.1, -0.05) is 30.3 Å². The highest BCUT2D eigenvalue weighted by Crippen LogP contribution is 2.45. The molecule has 0 saturated carbocycles. The summed E-state index contributed by atoms with van der Waals surface area (Å²) in [4.78, 5) is 7.68. The summed E-state index contributed by atoms with van der Waals surface area (Å²) >= 11 is 0. The Morgan fingerprint density at radius 2 is 1.91 bits per heavy atom. The standard InChI is InChI=1S/C20H15N3/c21-18-6-5-16(14-9-13-7-8-22-20(13)23-11-14)19-15-4-2-1-3-12(15)10-17(18)19/h1-9,11H,10,21H2,(H,22,23). The van der Waals surface area contributed by atoms with E-state index in [0.29, 0.717) is 0 Å². The van der Waals surface area contributed by atoms with E-state index in [9.17, 15) is 0 Å². The summed E-state index contributed by atoms with van der Waals surface area (Å²) in [6.45, 7) is 0. The number of nitrogens with zero attached hydrogens (tertiary/aromatic N) is 1. The van der Waals surface area contributed by atoms with Crippen molar-refractivity contribution in [2.24, 2.45) is 0 Å². The first-order chi connectivity index (χ1) is 11.3. The van der Waals surface area contributed by atoms with Crippen molar-refractivity contribution in [2.45, 2.75) is 6.42 Å². The smallest absolute Gasteiger partial charge is 0.137 e. The molecule has 0 bridgehead atoms. The molecule has 23 heavy (non-hydrogen) atoms. The molecule has 0 spiro atoms. The lowest BCUT2D eigenvalue weighted by atomic mass is 9.94. The Labute approximate surface area is 133 Å². The number of aromatic amines is 1. The molecule has 0 amide bonds. The van der Waals surface area contributed by atoms with Crippen LogP contribution in [0.5, 0.6) is 0 Å². The minimum Gasteiger partial charge on any atom is -0.398 e. The third kappa shape index (κ3) is 1.73. The summed E-state index contributed by atoms with van der Waals surface area (Å²) in [6.07, 6.45) is 4.76. The number of aromatic nitrogens is 2. The molecule has 2 aromatic carbocycles.